The van der Waals surface area contributed by atoms with E-state index in [9.17, 15) is 39.0 Å². The summed E-state index contributed by atoms with van der Waals surface area (Å²) in [5.74, 6) is -6.15. The molecule has 3 atom stereocenters. The molecule has 0 saturated heterocycles. The molecule has 0 heterocycles. The maximum atomic E-state index is 12.4. The number of aliphatic hydroxyl groups is 1. The van der Waals surface area contributed by atoms with E-state index in [4.69, 9.17) is 14.6 Å². The van der Waals surface area contributed by atoms with Gasteiger partial charge in [-0.1, -0.05) is 6.92 Å². The molecular weight excluding hydrogens is 528 g/mol. The number of carbonyl (C=O) groups is 6. The molecule has 13 heteroatoms. The number of aliphatic hydroxyl groups excluding tert-OH is 1. The van der Waals surface area contributed by atoms with Crippen LogP contribution in [0.4, 0.5) is 0 Å². The van der Waals surface area contributed by atoms with Gasteiger partial charge in [0.1, 0.15) is 19.0 Å². The average Bonchev–Trinajstić information content (AvgIpc) is 2.91. The number of unbranched alkanes of at least 4 members (excludes halogenated alkanes) is 1. The lowest BCUT2D eigenvalue weighted by molar-refractivity contribution is -0.146. The van der Waals surface area contributed by atoms with Gasteiger partial charge < -0.3 is 35.4 Å². The van der Waals surface area contributed by atoms with Crippen molar-refractivity contribution in [3.05, 3.63) is 0 Å². The maximum absolute atomic E-state index is 12.4. The number of carboxylic acids is 2. The van der Waals surface area contributed by atoms with Gasteiger partial charge in [-0.3, -0.25) is 28.8 Å². The zero-order valence-corrected chi connectivity index (χ0v) is 23.7. The lowest BCUT2D eigenvalue weighted by Gasteiger charge is -2.14. The highest BCUT2D eigenvalue weighted by atomic mass is 16.5. The maximum Gasteiger partial charge on any atom is 0.306 e. The molecule has 0 saturated carbocycles. The van der Waals surface area contributed by atoms with E-state index < -0.39 is 48.0 Å². The number of hydrogen-bond acceptors (Lipinski definition) is 10. The second-order valence-corrected chi connectivity index (χ2v) is 9.61. The number of carboxylic acid groups (broad SMARTS) is 2. The summed E-state index contributed by atoms with van der Waals surface area (Å²) < 4.78 is 10.4. The zero-order valence-electron chi connectivity index (χ0n) is 23.7. The van der Waals surface area contributed by atoms with Crippen molar-refractivity contribution < 1.29 is 53.6 Å². The molecule has 0 bridgehead atoms. The highest BCUT2D eigenvalue weighted by Crippen LogP contribution is 2.18. The predicted molar refractivity (Wildman–Crippen MR) is 144 cm³/mol. The molecule has 0 spiro atoms. The molecule has 0 aliphatic heterocycles. The van der Waals surface area contributed by atoms with E-state index in [1.807, 2.05) is 6.92 Å². The molecule has 0 aromatic carbocycles. The minimum Gasteiger partial charge on any atom is -0.481 e. The van der Waals surface area contributed by atoms with Crippen LogP contribution in [0.1, 0.15) is 71.1 Å². The van der Waals surface area contributed by atoms with Crippen molar-refractivity contribution in [1.82, 2.24) is 10.6 Å². The van der Waals surface area contributed by atoms with E-state index in [1.54, 1.807) is 7.05 Å². The quantitative estimate of drug-likeness (QED) is 0.0862. The van der Waals surface area contributed by atoms with Crippen LogP contribution in [0, 0.1) is 11.8 Å². The van der Waals surface area contributed by atoms with Crippen LogP contribution in [0.3, 0.4) is 0 Å². The highest BCUT2D eigenvalue weighted by molar-refractivity contribution is 5.87. The third-order valence-corrected chi connectivity index (χ3v) is 6.26. The molecule has 0 fully saturated rings. The van der Waals surface area contributed by atoms with Crippen LogP contribution in [-0.4, -0.2) is 103 Å². The summed E-state index contributed by atoms with van der Waals surface area (Å²) in [5, 5.41) is 33.3. The van der Waals surface area contributed by atoms with Crippen molar-refractivity contribution in [1.29, 1.82) is 0 Å². The van der Waals surface area contributed by atoms with Crippen LogP contribution in [0.15, 0.2) is 0 Å². The number of likely N-dealkylation sites (N-methyl/N-ethyl adjacent to an activating group) is 1. The fourth-order valence-electron chi connectivity index (χ4n) is 3.89. The van der Waals surface area contributed by atoms with E-state index in [2.05, 4.69) is 10.6 Å². The fourth-order valence-corrected chi connectivity index (χ4v) is 3.89. The summed E-state index contributed by atoms with van der Waals surface area (Å²) in [4.78, 5) is 71.2. The van der Waals surface area contributed by atoms with Gasteiger partial charge in [-0.2, -0.15) is 0 Å². The minimum atomic E-state index is -1.22. The Morgan fingerprint density at radius 2 is 1.38 bits per heavy atom. The van der Waals surface area contributed by atoms with E-state index >= 15 is 0 Å². The second kappa shape index (κ2) is 23.0. The highest BCUT2D eigenvalue weighted by Gasteiger charge is 2.25. The van der Waals surface area contributed by atoms with Gasteiger partial charge in [-0.25, -0.2) is 0 Å². The Morgan fingerprint density at radius 1 is 0.775 bits per heavy atom. The standard InChI is InChI=1S/C27H46N2O11/c1-3-12-39-13-14-40-18-22(32)16-19(26(35)36)7-9-21(31)15-20(27(37)38)8-10-25(34)29-11-5-4-6-23(28-2)24(33)17-30/h19-20,23,28,30H,3-18H2,1-2H3,(H,29,34)(H,35,36)(H,37,38)/t19-,20-,23+/m1/s1. The van der Waals surface area contributed by atoms with Gasteiger partial charge in [0, 0.05) is 38.8 Å². The summed E-state index contributed by atoms with van der Waals surface area (Å²) in [6, 6.07) is -0.449. The summed E-state index contributed by atoms with van der Waals surface area (Å²) in [5.41, 5.74) is 0. The number of nitrogens with one attached hydrogen (secondary N) is 2. The van der Waals surface area contributed by atoms with Crippen LogP contribution in [0.5, 0.6) is 0 Å². The minimum absolute atomic E-state index is 0.0557. The van der Waals surface area contributed by atoms with Crippen molar-refractivity contribution in [3.63, 3.8) is 0 Å². The third kappa shape index (κ3) is 18.5. The number of carbonyl (C=O) groups excluding carboxylic acids is 4. The summed E-state index contributed by atoms with van der Waals surface area (Å²) in [6.07, 6.45) is 1.50. The summed E-state index contributed by atoms with van der Waals surface area (Å²) in [7, 11) is 1.62. The molecule has 1 amide bonds. The van der Waals surface area contributed by atoms with E-state index in [0.29, 0.717) is 39.0 Å². The number of ether oxygens (including phenoxy) is 2. The molecule has 5 N–H and O–H groups in total. The monoisotopic (exact) mass is 574 g/mol. The third-order valence-electron chi connectivity index (χ3n) is 6.26. The van der Waals surface area contributed by atoms with Crippen LogP contribution in [0.25, 0.3) is 0 Å². The fraction of sp³-hybridized carbons (Fsp3) is 0.778. The van der Waals surface area contributed by atoms with Gasteiger partial charge in [-0.15, -0.1) is 0 Å². The molecule has 0 radical (unpaired) electrons. The van der Waals surface area contributed by atoms with Gasteiger partial charge in [0.05, 0.1) is 31.1 Å². The normalized spacial score (nSPS) is 13.3. The van der Waals surface area contributed by atoms with E-state index in [1.165, 1.54) is 0 Å². The van der Waals surface area contributed by atoms with E-state index in [0.717, 1.165) is 6.42 Å². The largest absolute Gasteiger partial charge is 0.481 e. The smallest absolute Gasteiger partial charge is 0.306 e. The van der Waals surface area contributed by atoms with E-state index in [-0.39, 0.29) is 63.4 Å². The lowest BCUT2D eigenvalue weighted by atomic mass is 9.91. The van der Waals surface area contributed by atoms with Crippen LogP contribution >= 0.6 is 0 Å². The van der Waals surface area contributed by atoms with Gasteiger partial charge in [0.15, 0.2) is 11.6 Å². The Hall–Kier alpha value is -2.74. The first-order valence-corrected chi connectivity index (χ1v) is 13.8. The van der Waals surface area contributed by atoms with Gasteiger partial charge in [-0.05, 0) is 45.6 Å². The lowest BCUT2D eigenvalue weighted by Crippen LogP contribution is -2.36. The molecular formula is C27H46N2O11. The molecule has 40 heavy (non-hydrogen) atoms. The first-order chi connectivity index (χ1) is 19.0. The SMILES string of the molecule is CCCOCCOCC(=O)C[C@@H](CCC(=O)C[C@@H](CCC(=O)NCCCC[C@H](NC)C(=O)CO)C(=O)O)C(=O)O. The molecule has 0 aromatic rings. The molecule has 0 unspecified atom stereocenters. The predicted octanol–water partition coefficient (Wildman–Crippen LogP) is 0.746. The van der Waals surface area contributed by atoms with Crippen LogP contribution in [-0.2, 0) is 38.2 Å². The first-order valence-electron chi connectivity index (χ1n) is 13.8. The molecule has 0 aliphatic carbocycles. The Balaban J connectivity index is 4.39. The molecule has 0 aliphatic rings. The summed E-state index contributed by atoms with van der Waals surface area (Å²) >= 11 is 0. The van der Waals surface area contributed by atoms with Crippen molar-refractivity contribution >= 4 is 35.2 Å². The van der Waals surface area contributed by atoms with Gasteiger partial charge >= 0.3 is 11.9 Å². The number of Topliss-reactive ketones (excluding diaryl/α,β-unsaturated/α-hetero) is 3. The number of hydrogen-bond donors (Lipinski definition) is 5. The molecule has 0 rings (SSSR count). The Bertz CT molecular complexity index is 803. The van der Waals surface area contributed by atoms with Gasteiger partial charge in [0.25, 0.3) is 0 Å². The van der Waals surface area contributed by atoms with Crippen molar-refractivity contribution in [3.8, 4) is 0 Å². The second-order valence-electron chi connectivity index (χ2n) is 9.61. The molecule has 13 nitrogen and oxygen atoms in total. The number of ketones is 3. The van der Waals surface area contributed by atoms with Crippen molar-refractivity contribution in [2.45, 2.75) is 77.2 Å². The number of aliphatic carboxylic acids is 2. The Kier molecular flexibility index (Phi) is 21.4. The van der Waals surface area contributed by atoms with Crippen molar-refractivity contribution in [2.75, 3.05) is 46.6 Å². The topological polar surface area (TPSA) is 206 Å². The van der Waals surface area contributed by atoms with Crippen molar-refractivity contribution in [2.24, 2.45) is 11.8 Å². The molecule has 230 valence electrons. The summed E-state index contributed by atoms with van der Waals surface area (Å²) in [6.45, 7) is 2.63. The number of amides is 1. The zero-order chi connectivity index (χ0) is 30.3. The first kappa shape index (κ1) is 37.3. The number of rotatable bonds is 27. The van der Waals surface area contributed by atoms with Crippen LogP contribution in [0.2, 0.25) is 0 Å². The Morgan fingerprint density at radius 3 is 1.95 bits per heavy atom. The van der Waals surface area contributed by atoms with Gasteiger partial charge in [0.2, 0.25) is 5.91 Å². The molecule has 0 aromatic heterocycles. The van der Waals surface area contributed by atoms with Crippen LogP contribution < -0.4 is 10.6 Å². The average molecular weight is 575 g/mol. The Labute approximate surface area is 235 Å².